The Morgan fingerprint density at radius 1 is 0.630 bits per heavy atom. The number of nitrogens with zero attached hydrogens (tertiary/aromatic N) is 2. The predicted molar refractivity (Wildman–Crippen MR) is 88.4 cm³/mol. The van der Waals surface area contributed by atoms with Crippen molar-refractivity contribution in [2.75, 3.05) is 32.7 Å². The molecule has 0 saturated carbocycles. The molecule has 0 fully saturated rings. The average Bonchev–Trinajstić information content (AvgIpc) is 2.49. The minimum atomic E-state index is -1.48. The monoisotopic (exact) mass is 392 g/mol. The number of aliphatic carboxylic acids is 5. The van der Waals surface area contributed by atoms with Gasteiger partial charge in [-0.05, 0) is 25.9 Å². The summed E-state index contributed by atoms with van der Waals surface area (Å²) in [6.45, 7) is -1.29. The zero-order valence-corrected chi connectivity index (χ0v) is 14.6. The largest absolute Gasteiger partial charge is 0.481 e. The summed E-state index contributed by atoms with van der Waals surface area (Å²) in [6.07, 6.45) is 0.460. The van der Waals surface area contributed by atoms with Crippen LogP contribution in [0.15, 0.2) is 0 Å². The normalized spacial score (nSPS) is 12.1. The van der Waals surface area contributed by atoms with Gasteiger partial charge in [-0.25, -0.2) is 0 Å². The zero-order chi connectivity index (χ0) is 21.0. The summed E-state index contributed by atoms with van der Waals surface area (Å²) < 4.78 is 0. The van der Waals surface area contributed by atoms with Gasteiger partial charge in [0.2, 0.25) is 0 Å². The van der Waals surface area contributed by atoms with Crippen LogP contribution in [0.25, 0.3) is 0 Å². The highest BCUT2D eigenvalue weighted by atomic mass is 16.4. The van der Waals surface area contributed by atoms with E-state index in [-0.39, 0.29) is 13.1 Å². The number of hydrogen-bond donors (Lipinski definition) is 5. The first kappa shape index (κ1) is 24.3. The van der Waals surface area contributed by atoms with E-state index >= 15 is 0 Å². The molecule has 0 rings (SSSR count). The lowest BCUT2D eigenvalue weighted by molar-refractivity contribution is -0.152. The van der Waals surface area contributed by atoms with E-state index in [1.165, 1.54) is 4.90 Å². The lowest BCUT2D eigenvalue weighted by Gasteiger charge is -2.26. The fraction of sp³-hybridized carbons (Fsp3) is 0.667. The van der Waals surface area contributed by atoms with Gasteiger partial charge in [-0.15, -0.1) is 0 Å². The molecule has 0 aliphatic rings. The Labute approximate surface area is 154 Å². The summed E-state index contributed by atoms with van der Waals surface area (Å²) >= 11 is 0. The molecule has 0 spiro atoms. The molecule has 27 heavy (non-hydrogen) atoms. The van der Waals surface area contributed by atoms with Crippen LogP contribution in [0.2, 0.25) is 0 Å². The van der Waals surface area contributed by atoms with E-state index in [4.69, 9.17) is 25.5 Å². The van der Waals surface area contributed by atoms with E-state index in [0.717, 1.165) is 4.90 Å². The van der Waals surface area contributed by atoms with E-state index < -0.39 is 61.9 Å². The maximum atomic E-state index is 11.2. The van der Waals surface area contributed by atoms with Crippen molar-refractivity contribution in [1.29, 1.82) is 0 Å². The number of carboxylic acid groups (broad SMARTS) is 5. The van der Waals surface area contributed by atoms with Crippen molar-refractivity contribution >= 4 is 29.8 Å². The molecule has 0 aromatic heterocycles. The third kappa shape index (κ3) is 12.3. The lowest BCUT2D eigenvalue weighted by atomic mass is 10.1. The summed E-state index contributed by atoms with van der Waals surface area (Å²) in [5.41, 5.74) is 0. The van der Waals surface area contributed by atoms with Gasteiger partial charge < -0.3 is 25.5 Å². The molecular formula is C15H24N2O10. The Morgan fingerprint density at radius 2 is 1.11 bits per heavy atom. The van der Waals surface area contributed by atoms with Gasteiger partial charge in [-0.1, -0.05) is 6.42 Å². The number of rotatable bonds is 16. The van der Waals surface area contributed by atoms with Crippen LogP contribution < -0.4 is 0 Å². The molecule has 0 heterocycles. The van der Waals surface area contributed by atoms with Gasteiger partial charge in [0.1, 0.15) is 6.04 Å². The minimum absolute atomic E-state index is 0.0222. The highest BCUT2D eigenvalue weighted by Gasteiger charge is 2.29. The standard InChI is InChI=1S/C15H24N2O10/c18-11(19)6-10(15(26)27)17(9-14(24)25)5-3-1-2-4-16(7-12(20)21)8-13(22)23/h10H,1-9H2,(H,18,19)(H,20,21)(H,22,23)(H,24,25)(H,26,27). The van der Waals surface area contributed by atoms with Crippen LogP contribution in [0.1, 0.15) is 25.7 Å². The molecule has 0 aliphatic heterocycles. The van der Waals surface area contributed by atoms with Crippen molar-refractivity contribution in [2.45, 2.75) is 31.7 Å². The summed E-state index contributed by atoms with van der Waals surface area (Å²) in [4.78, 5) is 56.6. The minimum Gasteiger partial charge on any atom is -0.481 e. The highest BCUT2D eigenvalue weighted by molar-refractivity contribution is 5.81. The molecule has 0 aromatic carbocycles. The fourth-order valence-electron chi connectivity index (χ4n) is 2.48. The van der Waals surface area contributed by atoms with Crippen LogP contribution in [-0.2, 0) is 24.0 Å². The Hall–Kier alpha value is -2.73. The molecule has 1 atom stereocenters. The molecule has 154 valence electrons. The van der Waals surface area contributed by atoms with Crippen molar-refractivity contribution in [2.24, 2.45) is 0 Å². The Balaban J connectivity index is 4.59. The first-order valence-corrected chi connectivity index (χ1v) is 8.09. The fourth-order valence-corrected chi connectivity index (χ4v) is 2.48. The Kier molecular flexibility index (Phi) is 11.3. The van der Waals surface area contributed by atoms with Crippen LogP contribution in [0.4, 0.5) is 0 Å². The highest BCUT2D eigenvalue weighted by Crippen LogP contribution is 2.09. The first-order chi connectivity index (χ1) is 12.5. The third-order valence-electron chi connectivity index (χ3n) is 3.57. The predicted octanol–water partition coefficient (Wildman–Crippen LogP) is -1.06. The Bertz CT molecular complexity index is 535. The van der Waals surface area contributed by atoms with Gasteiger partial charge in [0, 0.05) is 0 Å². The van der Waals surface area contributed by atoms with Crippen LogP contribution in [0.5, 0.6) is 0 Å². The quantitative estimate of drug-likeness (QED) is 0.200. The number of hydrogen-bond acceptors (Lipinski definition) is 7. The van der Waals surface area contributed by atoms with E-state index in [1.54, 1.807) is 0 Å². The van der Waals surface area contributed by atoms with Gasteiger partial charge in [0.25, 0.3) is 0 Å². The lowest BCUT2D eigenvalue weighted by Crippen LogP contribution is -2.45. The maximum Gasteiger partial charge on any atom is 0.321 e. The number of carboxylic acids is 5. The van der Waals surface area contributed by atoms with Crippen LogP contribution in [0.3, 0.4) is 0 Å². The molecule has 5 N–H and O–H groups in total. The molecule has 0 bridgehead atoms. The second-order valence-electron chi connectivity index (χ2n) is 5.87. The van der Waals surface area contributed by atoms with Crippen LogP contribution in [0, 0.1) is 0 Å². The number of unbranched alkanes of at least 4 members (excludes halogenated alkanes) is 2. The van der Waals surface area contributed by atoms with Crippen molar-refractivity contribution in [1.82, 2.24) is 9.80 Å². The summed E-state index contributed by atoms with van der Waals surface area (Å²) in [7, 11) is 0. The maximum absolute atomic E-state index is 11.2. The Morgan fingerprint density at radius 3 is 1.52 bits per heavy atom. The van der Waals surface area contributed by atoms with Gasteiger partial charge in [0.15, 0.2) is 0 Å². The van der Waals surface area contributed by atoms with Crippen molar-refractivity contribution in [3.05, 3.63) is 0 Å². The second-order valence-corrected chi connectivity index (χ2v) is 5.87. The molecular weight excluding hydrogens is 368 g/mol. The van der Waals surface area contributed by atoms with E-state index in [9.17, 15) is 24.0 Å². The van der Waals surface area contributed by atoms with Gasteiger partial charge in [-0.3, -0.25) is 33.8 Å². The van der Waals surface area contributed by atoms with Crippen molar-refractivity contribution in [3.8, 4) is 0 Å². The molecule has 0 radical (unpaired) electrons. The SMILES string of the molecule is O=C(O)CC(C(=O)O)N(CCCCCN(CC(=O)O)CC(=O)O)CC(=O)O. The molecule has 1 unspecified atom stereocenters. The van der Waals surface area contributed by atoms with Gasteiger partial charge in [0.05, 0.1) is 26.1 Å². The summed E-state index contributed by atoms with van der Waals surface area (Å²) in [5, 5.41) is 44.3. The summed E-state index contributed by atoms with van der Waals surface area (Å²) in [5.74, 6) is -6.42. The topological polar surface area (TPSA) is 193 Å². The molecule has 0 aromatic rings. The average molecular weight is 392 g/mol. The smallest absolute Gasteiger partial charge is 0.321 e. The van der Waals surface area contributed by atoms with Gasteiger partial charge in [-0.2, -0.15) is 0 Å². The zero-order valence-electron chi connectivity index (χ0n) is 14.6. The van der Waals surface area contributed by atoms with E-state index in [1.807, 2.05) is 0 Å². The molecule has 0 aliphatic carbocycles. The van der Waals surface area contributed by atoms with E-state index in [0.29, 0.717) is 19.3 Å². The number of carbonyl (C=O) groups is 5. The second kappa shape index (κ2) is 12.6. The molecule has 12 heteroatoms. The molecule has 12 nitrogen and oxygen atoms in total. The van der Waals surface area contributed by atoms with E-state index in [2.05, 4.69) is 0 Å². The van der Waals surface area contributed by atoms with Crippen molar-refractivity contribution < 1.29 is 49.5 Å². The molecule has 0 saturated heterocycles. The third-order valence-corrected chi connectivity index (χ3v) is 3.57. The summed E-state index contributed by atoms with van der Waals surface area (Å²) in [6, 6.07) is -1.48. The van der Waals surface area contributed by atoms with Crippen LogP contribution in [-0.4, -0.2) is 104 Å². The first-order valence-electron chi connectivity index (χ1n) is 8.09. The van der Waals surface area contributed by atoms with Crippen molar-refractivity contribution in [3.63, 3.8) is 0 Å². The van der Waals surface area contributed by atoms with Gasteiger partial charge >= 0.3 is 29.8 Å². The molecule has 0 amide bonds. The van der Waals surface area contributed by atoms with Crippen LogP contribution >= 0.6 is 0 Å².